The molecular weight excluding hydrogens is 610 g/mol. The first kappa shape index (κ1) is 28.6. The molecule has 0 bridgehead atoms. The summed E-state index contributed by atoms with van der Waals surface area (Å²) < 4.78 is 72.3. The lowest BCUT2D eigenvalue weighted by Crippen LogP contribution is -2.60. The van der Waals surface area contributed by atoms with Crippen molar-refractivity contribution in [3.63, 3.8) is 0 Å². The number of nitrogens with zero attached hydrogens (tertiary/aromatic N) is 2. The van der Waals surface area contributed by atoms with Crippen molar-refractivity contribution in [1.29, 1.82) is 0 Å². The standard InChI is InChI=1S/C28H19Cl2F5N2O5/c1-9-4-3-5-12(22(9)38)15-10-6-7-11-14(24(40)36(2)23(11)39)13(10)8-27(29)25(41)37(26(42)28(15,27)30)21-19(34)17(32)16(31)18(33)20(21)35/h3-6,11,13-15,38H,7-8H2,1-2H3. The molecule has 0 spiro atoms. The highest BCUT2D eigenvalue weighted by atomic mass is 35.5. The molecule has 6 unspecified atom stereocenters. The number of phenolic OH excluding ortho intramolecular Hbond substituents is 1. The summed E-state index contributed by atoms with van der Waals surface area (Å²) in [6.07, 6.45) is 0.986. The van der Waals surface area contributed by atoms with Gasteiger partial charge in [0.15, 0.2) is 33.0 Å². The van der Waals surface area contributed by atoms with E-state index in [1.807, 2.05) is 0 Å². The molecule has 42 heavy (non-hydrogen) atoms. The van der Waals surface area contributed by atoms with Crippen LogP contribution in [0.25, 0.3) is 0 Å². The van der Waals surface area contributed by atoms with Crippen LogP contribution in [0.3, 0.4) is 0 Å². The van der Waals surface area contributed by atoms with Gasteiger partial charge in [0.2, 0.25) is 17.6 Å². The van der Waals surface area contributed by atoms with Gasteiger partial charge in [0.1, 0.15) is 11.4 Å². The van der Waals surface area contributed by atoms with Crippen LogP contribution in [0.1, 0.15) is 29.9 Å². The van der Waals surface area contributed by atoms with Crippen molar-refractivity contribution in [1.82, 2.24) is 4.90 Å². The molecule has 1 saturated carbocycles. The summed E-state index contributed by atoms with van der Waals surface area (Å²) in [5.74, 6) is -21.3. The number of aromatic hydroxyl groups is 1. The van der Waals surface area contributed by atoms with Crippen molar-refractivity contribution in [3.8, 4) is 5.75 Å². The second kappa shape index (κ2) is 9.00. The monoisotopic (exact) mass is 628 g/mol. The van der Waals surface area contributed by atoms with E-state index in [1.165, 1.54) is 32.2 Å². The average Bonchev–Trinajstić information content (AvgIpc) is 3.26. The molecule has 6 rings (SSSR count). The number of halogens is 7. The fourth-order valence-electron chi connectivity index (χ4n) is 6.98. The summed E-state index contributed by atoms with van der Waals surface area (Å²) in [7, 11) is 1.28. The normalized spacial score (nSPS) is 32.3. The van der Waals surface area contributed by atoms with Crippen LogP contribution in [0.15, 0.2) is 29.8 Å². The molecule has 0 aromatic heterocycles. The van der Waals surface area contributed by atoms with Crippen LogP contribution in [-0.4, -0.2) is 50.4 Å². The summed E-state index contributed by atoms with van der Waals surface area (Å²) in [6.45, 7) is 1.52. The molecule has 6 atom stereocenters. The molecule has 0 radical (unpaired) electrons. The quantitative estimate of drug-likeness (QED) is 0.131. The number of hydrogen-bond acceptors (Lipinski definition) is 5. The zero-order valence-corrected chi connectivity index (χ0v) is 23.2. The number of alkyl halides is 2. The van der Waals surface area contributed by atoms with Gasteiger partial charge in [-0.2, -0.15) is 0 Å². The molecule has 2 aliphatic carbocycles. The second-order valence-electron chi connectivity index (χ2n) is 10.9. The number of para-hydroxylation sites is 1. The topological polar surface area (TPSA) is 95.0 Å². The number of imide groups is 2. The zero-order valence-electron chi connectivity index (χ0n) is 21.7. The number of likely N-dealkylation sites (tertiary alicyclic amines) is 1. The molecule has 14 heteroatoms. The van der Waals surface area contributed by atoms with E-state index >= 15 is 0 Å². The summed E-state index contributed by atoms with van der Waals surface area (Å²) in [5.41, 5.74) is -1.32. The molecule has 220 valence electrons. The molecule has 3 fully saturated rings. The van der Waals surface area contributed by atoms with E-state index in [-0.39, 0.29) is 28.2 Å². The number of anilines is 1. The Morgan fingerprint density at radius 2 is 1.48 bits per heavy atom. The second-order valence-corrected chi connectivity index (χ2v) is 12.2. The van der Waals surface area contributed by atoms with Crippen LogP contribution in [0, 0.1) is 53.8 Å². The number of phenols is 1. The van der Waals surface area contributed by atoms with E-state index in [9.17, 15) is 46.2 Å². The number of allylic oxidation sites excluding steroid dienone is 2. The number of benzene rings is 2. The molecule has 2 heterocycles. The predicted molar refractivity (Wildman–Crippen MR) is 137 cm³/mol. The summed E-state index contributed by atoms with van der Waals surface area (Å²) in [4.78, 5) is 49.5. The van der Waals surface area contributed by atoms with Crippen molar-refractivity contribution in [2.75, 3.05) is 11.9 Å². The predicted octanol–water partition coefficient (Wildman–Crippen LogP) is 4.59. The van der Waals surface area contributed by atoms with Gasteiger partial charge < -0.3 is 5.11 Å². The largest absolute Gasteiger partial charge is 0.507 e. The van der Waals surface area contributed by atoms with Gasteiger partial charge in [0, 0.05) is 18.5 Å². The van der Waals surface area contributed by atoms with Gasteiger partial charge >= 0.3 is 0 Å². The first-order chi connectivity index (χ1) is 19.6. The lowest BCUT2D eigenvalue weighted by atomic mass is 9.56. The minimum absolute atomic E-state index is 0.0280. The number of aryl methyl sites for hydroxylation is 1. The number of carbonyl (C=O) groups excluding carboxylic acids is 4. The van der Waals surface area contributed by atoms with Gasteiger partial charge in [-0.15, -0.1) is 23.2 Å². The van der Waals surface area contributed by atoms with E-state index in [2.05, 4.69) is 0 Å². The molecule has 2 saturated heterocycles. The third-order valence-electron chi connectivity index (χ3n) is 9.02. The Morgan fingerprint density at radius 3 is 2.10 bits per heavy atom. The van der Waals surface area contributed by atoms with Crippen LogP contribution in [-0.2, 0) is 19.2 Å². The van der Waals surface area contributed by atoms with Gasteiger partial charge in [0.05, 0.1) is 11.8 Å². The van der Waals surface area contributed by atoms with E-state index in [0.29, 0.717) is 5.56 Å². The minimum atomic E-state index is -2.68. The highest BCUT2D eigenvalue weighted by Gasteiger charge is 2.77. The van der Waals surface area contributed by atoms with Crippen LogP contribution < -0.4 is 4.90 Å². The maximum atomic E-state index is 15.0. The lowest BCUT2D eigenvalue weighted by molar-refractivity contribution is -0.138. The fraction of sp³-hybridized carbons (Fsp3) is 0.357. The molecule has 7 nitrogen and oxygen atoms in total. The number of hydrogen-bond donors (Lipinski definition) is 1. The maximum absolute atomic E-state index is 15.0. The van der Waals surface area contributed by atoms with Crippen LogP contribution >= 0.6 is 23.2 Å². The Labute approximate surface area is 244 Å². The van der Waals surface area contributed by atoms with Gasteiger partial charge in [-0.25, -0.2) is 26.9 Å². The van der Waals surface area contributed by atoms with E-state index in [0.717, 1.165) is 4.90 Å². The molecular formula is C28H19Cl2F5N2O5. The first-order valence-electron chi connectivity index (χ1n) is 12.7. The average molecular weight is 629 g/mol. The van der Waals surface area contributed by atoms with Gasteiger partial charge in [-0.3, -0.25) is 24.1 Å². The Balaban J connectivity index is 1.64. The summed E-state index contributed by atoms with van der Waals surface area (Å²) in [5, 5.41) is 11.1. The van der Waals surface area contributed by atoms with Crippen molar-refractivity contribution < 1.29 is 46.2 Å². The van der Waals surface area contributed by atoms with Crippen LogP contribution in [0.5, 0.6) is 5.75 Å². The molecule has 2 aromatic rings. The van der Waals surface area contributed by atoms with Crippen LogP contribution in [0.2, 0.25) is 0 Å². The molecule has 2 aromatic carbocycles. The van der Waals surface area contributed by atoms with Crippen LogP contribution in [0.4, 0.5) is 27.6 Å². The maximum Gasteiger partial charge on any atom is 0.258 e. The third-order valence-corrected chi connectivity index (χ3v) is 10.4. The van der Waals surface area contributed by atoms with E-state index in [1.54, 1.807) is 6.08 Å². The van der Waals surface area contributed by atoms with Gasteiger partial charge in [-0.05, 0) is 31.2 Å². The molecule has 4 amide bonds. The number of rotatable bonds is 2. The van der Waals surface area contributed by atoms with Crippen molar-refractivity contribution in [2.24, 2.45) is 17.8 Å². The van der Waals surface area contributed by atoms with Crippen molar-refractivity contribution >= 4 is 52.5 Å². The smallest absolute Gasteiger partial charge is 0.258 e. The van der Waals surface area contributed by atoms with Crippen molar-refractivity contribution in [2.45, 2.75) is 35.4 Å². The lowest BCUT2D eigenvalue weighted by Gasteiger charge is -2.50. The van der Waals surface area contributed by atoms with Crippen molar-refractivity contribution in [3.05, 3.63) is 70.1 Å². The highest BCUT2D eigenvalue weighted by molar-refractivity contribution is 6.58. The van der Waals surface area contributed by atoms with Gasteiger partial charge in [0.25, 0.3) is 11.8 Å². The van der Waals surface area contributed by atoms with E-state index < -0.39 is 98.2 Å². The Bertz CT molecular complexity index is 1670. The molecule has 4 aliphatic rings. The fourth-order valence-corrected chi connectivity index (χ4v) is 7.91. The SMILES string of the molecule is Cc1cccc(C2C3=CCC4C(=O)N(C)C(=O)C4C3CC3(Cl)C(=O)N(c4c(F)c(F)c(F)c(F)c4F)C(=O)C23Cl)c1O. The number of carbonyl (C=O) groups is 4. The van der Waals surface area contributed by atoms with Gasteiger partial charge in [-0.1, -0.05) is 29.8 Å². The molecule has 1 N–H and O–H groups in total. The summed E-state index contributed by atoms with van der Waals surface area (Å²) in [6, 6.07) is 4.39. The minimum Gasteiger partial charge on any atom is -0.507 e. The molecule has 2 aliphatic heterocycles. The summed E-state index contributed by atoms with van der Waals surface area (Å²) >= 11 is 14.0. The Hall–Kier alpha value is -3.51. The Kier molecular flexibility index (Phi) is 6.13. The number of amides is 4. The third kappa shape index (κ3) is 3.22. The first-order valence-corrected chi connectivity index (χ1v) is 13.4. The number of fused-ring (bicyclic) bond motifs is 4. The van der Waals surface area contributed by atoms with E-state index in [4.69, 9.17) is 23.2 Å². The zero-order chi connectivity index (χ0) is 30.8. The Morgan fingerprint density at radius 1 is 0.881 bits per heavy atom. The highest BCUT2D eigenvalue weighted by Crippen LogP contribution is 2.66.